The van der Waals surface area contributed by atoms with Gasteiger partial charge in [0, 0.05) is 24.2 Å². The Kier molecular flexibility index (Phi) is 3.19. The quantitative estimate of drug-likeness (QED) is 0.940. The lowest BCUT2D eigenvalue weighted by molar-refractivity contribution is 0.0974. The fourth-order valence-electron chi connectivity index (χ4n) is 3.69. The van der Waals surface area contributed by atoms with Crippen molar-refractivity contribution in [3.8, 4) is 5.75 Å². The maximum absolute atomic E-state index is 5.35. The van der Waals surface area contributed by atoms with Crippen LogP contribution in [-0.4, -0.2) is 42.7 Å². The predicted octanol–water partition coefficient (Wildman–Crippen LogP) is 2.75. The zero-order chi connectivity index (χ0) is 14.2. The van der Waals surface area contributed by atoms with E-state index in [9.17, 15) is 0 Å². The molecule has 2 bridgehead atoms. The number of piperidine rings is 3. The number of methoxy groups -OCH3 is 1. The molecule has 0 spiro atoms. The van der Waals surface area contributed by atoms with Crippen LogP contribution in [0.25, 0.3) is 10.8 Å². The van der Waals surface area contributed by atoms with Crippen molar-refractivity contribution in [3.63, 3.8) is 0 Å². The lowest BCUT2D eigenvalue weighted by Gasteiger charge is -2.45. The van der Waals surface area contributed by atoms with E-state index in [1.807, 2.05) is 12.3 Å². The summed E-state index contributed by atoms with van der Waals surface area (Å²) in [6, 6.07) is 8.75. The van der Waals surface area contributed by atoms with Crippen LogP contribution in [0.2, 0.25) is 0 Å². The Morgan fingerprint density at radius 2 is 2.10 bits per heavy atom. The maximum Gasteiger partial charge on any atom is 0.134 e. The molecule has 0 amide bonds. The average Bonchev–Trinajstić information content (AvgIpc) is 2.56. The van der Waals surface area contributed by atoms with E-state index in [0.29, 0.717) is 6.04 Å². The lowest BCUT2D eigenvalue weighted by Crippen LogP contribution is -2.53. The third-order valence-electron chi connectivity index (χ3n) is 4.95. The van der Waals surface area contributed by atoms with Crippen LogP contribution in [0.4, 0.5) is 5.82 Å². The van der Waals surface area contributed by atoms with Gasteiger partial charge in [0.05, 0.1) is 7.11 Å². The van der Waals surface area contributed by atoms with Crippen LogP contribution in [0.1, 0.15) is 12.8 Å². The Hall–Kier alpha value is -1.81. The second kappa shape index (κ2) is 5.19. The highest BCUT2D eigenvalue weighted by Crippen LogP contribution is 2.32. The van der Waals surface area contributed by atoms with Gasteiger partial charge >= 0.3 is 0 Å². The molecule has 21 heavy (non-hydrogen) atoms. The summed E-state index contributed by atoms with van der Waals surface area (Å²) in [7, 11) is 1.71. The fourth-order valence-corrected chi connectivity index (χ4v) is 3.69. The molecule has 1 atom stereocenters. The molecule has 4 heterocycles. The summed E-state index contributed by atoms with van der Waals surface area (Å²) in [5, 5.41) is 6.05. The Morgan fingerprint density at radius 3 is 2.81 bits per heavy atom. The monoisotopic (exact) mass is 283 g/mol. The van der Waals surface area contributed by atoms with Crippen LogP contribution in [0, 0.1) is 5.92 Å². The lowest BCUT2D eigenvalue weighted by atomic mass is 9.84. The second-order valence-electron chi connectivity index (χ2n) is 6.14. The summed E-state index contributed by atoms with van der Waals surface area (Å²) in [6.45, 7) is 3.67. The first-order chi connectivity index (χ1) is 10.3. The van der Waals surface area contributed by atoms with Gasteiger partial charge in [-0.1, -0.05) is 6.07 Å². The molecule has 4 nitrogen and oxygen atoms in total. The van der Waals surface area contributed by atoms with E-state index in [1.165, 1.54) is 31.3 Å². The number of hydrogen-bond donors (Lipinski definition) is 1. The number of rotatable bonds is 3. The molecule has 110 valence electrons. The van der Waals surface area contributed by atoms with Crippen molar-refractivity contribution < 1.29 is 4.74 Å². The van der Waals surface area contributed by atoms with Crippen LogP contribution in [0.15, 0.2) is 30.5 Å². The molecule has 3 saturated heterocycles. The van der Waals surface area contributed by atoms with E-state index in [4.69, 9.17) is 4.74 Å². The molecule has 1 aromatic heterocycles. The smallest absolute Gasteiger partial charge is 0.134 e. The third-order valence-corrected chi connectivity index (χ3v) is 4.95. The number of anilines is 1. The van der Waals surface area contributed by atoms with Gasteiger partial charge in [0.15, 0.2) is 0 Å². The number of aromatic nitrogens is 1. The molecular formula is C17H21N3O. The molecule has 0 radical (unpaired) electrons. The topological polar surface area (TPSA) is 37.4 Å². The Labute approximate surface area is 125 Å². The largest absolute Gasteiger partial charge is 0.497 e. The van der Waals surface area contributed by atoms with Gasteiger partial charge in [-0.3, -0.25) is 0 Å². The average molecular weight is 283 g/mol. The number of pyridine rings is 1. The van der Waals surface area contributed by atoms with E-state index < -0.39 is 0 Å². The van der Waals surface area contributed by atoms with Crippen LogP contribution in [0.3, 0.4) is 0 Å². The normalized spacial score (nSPS) is 27.8. The molecule has 5 rings (SSSR count). The van der Waals surface area contributed by atoms with Crippen molar-refractivity contribution >= 4 is 16.6 Å². The summed E-state index contributed by atoms with van der Waals surface area (Å²) >= 11 is 0. The molecule has 0 saturated carbocycles. The van der Waals surface area contributed by atoms with Crippen LogP contribution in [-0.2, 0) is 0 Å². The summed E-state index contributed by atoms with van der Waals surface area (Å²) in [5.41, 5.74) is 0. The SMILES string of the molecule is COc1ccc2ccnc(NC3CN4CCC3CC4)c2c1. The number of hydrogen-bond acceptors (Lipinski definition) is 4. The van der Waals surface area contributed by atoms with E-state index in [1.54, 1.807) is 7.11 Å². The van der Waals surface area contributed by atoms with Crippen molar-refractivity contribution in [1.82, 2.24) is 9.88 Å². The number of ether oxygens (including phenoxy) is 1. The van der Waals surface area contributed by atoms with Crippen molar-refractivity contribution in [2.45, 2.75) is 18.9 Å². The minimum Gasteiger partial charge on any atom is -0.497 e. The van der Waals surface area contributed by atoms with Crippen molar-refractivity contribution in [3.05, 3.63) is 30.5 Å². The first kappa shape index (κ1) is 12.9. The standard InChI is InChI=1S/C17H21N3O/c1-21-14-3-2-12-4-7-18-17(15(12)10-14)19-16-11-20-8-5-13(16)6-9-20/h2-4,7,10,13,16H,5-6,8-9,11H2,1H3,(H,18,19). The van der Waals surface area contributed by atoms with Gasteiger partial charge in [0.2, 0.25) is 0 Å². The van der Waals surface area contributed by atoms with E-state index in [0.717, 1.165) is 29.4 Å². The predicted molar refractivity (Wildman–Crippen MR) is 84.9 cm³/mol. The van der Waals surface area contributed by atoms with Crippen LogP contribution in [0.5, 0.6) is 5.75 Å². The molecule has 1 aromatic carbocycles. The Balaban J connectivity index is 1.66. The second-order valence-corrected chi connectivity index (χ2v) is 6.14. The van der Waals surface area contributed by atoms with Crippen molar-refractivity contribution in [2.24, 2.45) is 5.92 Å². The summed E-state index contributed by atoms with van der Waals surface area (Å²) < 4.78 is 5.35. The van der Waals surface area contributed by atoms with Gasteiger partial charge in [0.1, 0.15) is 11.6 Å². The summed E-state index contributed by atoms with van der Waals surface area (Å²) in [6.07, 6.45) is 4.51. The minimum atomic E-state index is 0.525. The maximum atomic E-state index is 5.35. The Bertz CT molecular complexity index is 650. The molecular weight excluding hydrogens is 262 g/mol. The summed E-state index contributed by atoms with van der Waals surface area (Å²) in [4.78, 5) is 7.13. The van der Waals surface area contributed by atoms with Gasteiger partial charge in [-0.05, 0) is 55.4 Å². The minimum absolute atomic E-state index is 0.525. The first-order valence-corrected chi connectivity index (χ1v) is 7.75. The number of benzene rings is 1. The van der Waals surface area contributed by atoms with Crippen molar-refractivity contribution in [1.29, 1.82) is 0 Å². The number of nitrogens with zero attached hydrogens (tertiary/aromatic N) is 2. The highest BCUT2D eigenvalue weighted by molar-refractivity contribution is 5.92. The first-order valence-electron chi connectivity index (χ1n) is 7.75. The molecule has 3 fully saturated rings. The van der Waals surface area contributed by atoms with Gasteiger partial charge < -0.3 is 15.0 Å². The molecule has 1 N–H and O–H groups in total. The Morgan fingerprint density at radius 1 is 1.24 bits per heavy atom. The molecule has 2 aromatic rings. The third kappa shape index (κ3) is 2.33. The van der Waals surface area contributed by atoms with E-state index in [-0.39, 0.29) is 0 Å². The highest BCUT2D eigenvalue weighted by Gasteiger charge is 2.34. The molecule has 0 aliphatic carbocycles. The zero-order valence-corrected chi connectivity index (χ0v) is 12.4. The molecule has 3 aliphatic rings. The van der Waals surface area contributed by atoms with E-state index in [2.05, 4.69) is 33.4 Å². The molecule has 1 unspecified atom stereocenters. The van der Waals surface area contributed by atoms with Gasteiger partial charge in [-0.25, -0.2) is 4.98 Å². The van der Waals surface area contributed by atoms with Gasteiger partial charge in [-0.15, -0.1) is 0 Å². The van der Waals surface area contributed by atoms with Crippen LogP contribution < -0.4 is 10.1 Å². The van der Waals surface area contributed by atoms with Gasteiger partial charge in [0.25, 0.3) is 0 Å². The van der Waals surface area contributed by atoms with E-state index >= 15 is 0 Å². The molecule has 4 heteroatoms. The van der Waals surface area contributed by atoms with Crippen LogP contribution >= 0.6 is 0 Å². The summed E-state index contributed by atoms with van der Waals surface area (Å²) in [5.74, 6) is 2.66. The fraction of sp³-hybridized carbons (Fsp3) is 0.471. The zero-order valence-electron chi connectivity index (χ0n) is 12.4. The highest BCUT2D eigenvalue weighted by atomic mass is 16.5. The number of fused-ring (bicyclic) bond motifs is 4. The van der Waals surface area contributed by atoms with Gasteiger partial charge in [-0.2, -0.15) is 0 Å². The number of nitrogens with one attached hydrogen (secondary N) is 1. The van der Waals surface area contributed by atoms with Crippen molar-refractivity contribution in [2.75, 3.05) is 32.1 Å². The molecule has 3 aliphatic heterocycles.